The Hall–Kier alpha value is -3.66. The Kier molecular flexibility index (Phi) is 7.59. The number of rotatable bonds is 5. The van der Waals surface area contributed by atoms with Crippen LogP contribution in [-0.2, 0) is 0 Å². The van der Waals surface area contributed by atoms with Gasteiger partial charge in [0.25, 0.3) is 5.56 Å². The molecule has 3 rings (SSSR count). The molecule has 0 saturated carbocycles. The van der Waals surface area contributed by atoms with Crippen LogP contribution in [0.2, 0.25) is 5.02 Å². The highest BCUT2D eigenvalue weighted by atomic mass is 35.5. The van der Waals surface area contributed by atoms with Crippen molar-refractivity contribution in [2.75, 3.05) is 5.32 Å². The Bertz CT molecular complexity index is 1380. The summed E-state index contributed by atoms with van der Waals surface area (Å²) >= 11 is 6.33. The highest BCUT2D eigenvalue weighted by Gasteiger charge is 2.34. The van der Waals surface area contributed by atoms with E-state index in [1.54, 1.807) is 59.7 Å². The fourth-order valence-corrected chi connectivity index (χ4v) is 4.30. The largest absolute Gasteiger partial charge is 0.465 e. The number of halogens is 2. The second kappa shape index (κ2) is 10.1. The SMILES string of the molecule is CC(C)NC(=O)Nc1cc(-n2c(C(C)N(C(=O)O)C(C)(C)C)nc3cccc(Cl)c3c2=O)ccc1F. The maximum Gasteiger partial charge on any atom is 0.408 e. The van der Waals surface area contributed by atoms with E-state index in [0.29, 0.717) is 5.52 Å². The maximum absolute atomic E-state index is 14.6. The summed E-state index contributed by atoms with van der Waals surface area (Å²) < 4.78 is 15.8. The van der Waals surface area contributed by atoms with E-state index in [-0.39, 0.29) is 33.6 Å². The monoisotopic (exact) mass is 517 g/mol. The van der Waals surface area contributed by atoms with Crippen LogP contribution >= 0.6 is 11.6 Å². The molecule has 1 aromatic heterocycles. The number of carbonyl (C=O) groups excluding carboxylic acids is 1. The first kappa shape index (κ1) is 26.9. The van der Waals surface area contributed by atoms with Crippen LogP contribution in [0.1, 0.15) is 53.4 Å². The van der Waals surface area contributed by atoms with Crippen LogP contribution in [0.25, 0.3) is 16.6 Å². The number of fused-ring (bicyclic) bond motifs is 1. The number of aromatic nitrogens is 2. The van der Waals surface area contributed by atoms with E-state index in [0.717, 1.165) is 6.07 Å². The zero-order chi connectivity index (χ0) is 26.9. The molecule has 0 radical (unpaired) electrons. The van der Waals surface area contributed by atoms with Gasteiger partial charge in [0.2, 0.25) is 0 Å². The zero-order valence-electron chi connectivity index (χ0n) is 20.9. The summed E-state index contributed by atoms with van der Waals surface area (Å²) in [6, 6.07) is 6.86. The van der Waals surface area contributed by atoms with Gasteiger partial charge < -0.3 is 15.7 Å². The molecule has 2 aromatic carbocycles. The number of nitrogens with one attached hydrogen (secondary N) is 2. The lowest BCUT2D eigenvalue weighted by Gasteiger charge is -2.38. The predicted octanol–water partition coefficient (Wildman–Crippen LogP) is 5.55. The number of anilines is 1. The molecule has 1 atom stereocenters. The van der Waals surface area contributed by atoms with Crippen molar-refractivity contribution in [3.8, 4) is 5.69 Å². The first-order chi connectivity index (χ1) is 16.7. The third-order valence-electron chi connectivity index (χ3n) is 5.44. The molecule has 0 spiro atoms. The highest BCUT2D eigenvalue weighted by Crippen LogP contribution is 2.30. The molecule has 3 N–H and O–H groups in total. The average Bonchev–Trinajstić information content (AvgIpc) is 2.73. The number of hydrogen-bond acceptors (Lipinski definition) is 4. The Labute approximate surface area is 212 Å². The zero-order valence-corrected chi connectivity index (χ0v) is 21.6. The van der Waals surface area contributed by atoms with Crippen molar-refractivity contribution in [2.24, 2.45) is 0 Å². The number of benzene rings is 2. The Morgan fingerprint density at radius 2 is 1.83 bits per heavy atom. The van der Waals surface area contributed by atoms with Crippen LogP contribution in [-0.4, -0.2) is 43.3 Å². The quantitative estimate of drug-likeness (QED) is 0.410. The molecule has 0 saturated heterocycles. The van der Waals surface area contributed by atoms with Crippen LogP contribution in [0.4, 0.5) is 19.7 Å². The smallest absolute Gasteiger partial charge is 0.408 e. The van der Waals surface area contributed by atoms with Crippen LogP contribution in [0.15, 0.2) is 41.2 Å². The molecule has 0 aliphatic heterocycles. The van der Waals surface area contributed by atoms with E-state index in [9.17, 15) is 23.9 Å². The summed E-state index contributed by atoms with van der Waals surface area (Å²) in [7, 11) is 0. The molecule has 0 aliphatic rings. The minimum absolute atomic E-state index is 0.108. The van der Waals surface area contributed by atoms with Gasteiger partial charge >= 0.3 is 12.1 Å². The van der Waals surface area contributed by atoms with Gasteiger partial charge in [0.05, 0.1) is 33.3 Å². The lowest BCUT2D eigenvalue weighted by atomic mass is 10.0. The summed E-state index contributed by atoms with van der Waals surface area (Å²) in [4.78, 5) is 44.0. The lowest BCUT2D eigenvalue weighted by Crippen LogP contribution is -2.47. The van der Waals surface area contributed by atoms with Crippen LogP contribution in [0.3, 0.4) is 0 Å². The Morgan fingerprint density at radius 3 is 2.42 bits per heavy atom. The van der Waals surface area contributed by atoms with E-state index in [1.165, 1.54) is 21.6 Å². The van der Waals surface area contributed by atoms with Gasteiger partial charge in [-0.15, -0.1) is 0 Å². The standard InChI is InChI=1S/C25H29ClFN5O4/c1-13(2)28-23(34)30-19-12-15(10-11-17(19)27)31-21(14(3)32(24(35)36)25(4,5)6)29-18-9-7-8-16(26)20(18)22(31)33/h7-14H,1-6H3,(H,35,36)(H2,28,30,34). The number of hydrogen-bond donors (Lipinski definition) is 3. The summed E-state index contributed by atoms with van der Waals surface area (Å²) in [6.07, 6.45) is -1.20. The second-order valence-corrected chi connectivity index (χ2v) is 10.1. The van der Waals surface area contributed by atoms with Gasteiger partial charge in [0, 0.05) is 11.6 Å². The molecule has 0 fully saturated rings. The molecule has 1 unspecified atom stereocenters. The topological polar surface area (TPSA) is 117 Å². The third kappa shape index (κ3) is 5.43. The van der Waals surface area contributed by atoms with Crippen LogP contribution in [0, 0.1) is 5.82 Å². The van der Waals surface area contributed by atoms with Gasteiger partial charge in [0.15, 0.2) is 0 Å². The lowest BCUT2D eigenvalue weighted by molar-refractivity contribution is 0.0719. The Morgan fingerprint density at radius 1 is 1.17 bits per heavy atom. The average molecular weight is 518 g/mol. The van der Waals surface area contributed by atoms with Gasteiger partial charge in [0.1, 0.15) is 11.6 Å². The molecule has 0 bridgehead atoms. The molecule has 9 nitrogen and oxygen atoms in total. The van der Waals surface area contributed by atoms with Gasteiger partial charge in [-0.25, -0.2) is 19.0 Å². The van der Waals surface area contributed by atoms with Crippen molar-refractivity contribution in [3.63, 3.8) is 0 Å². The second-order valence-electron chi connectivity index (χ2n) is 9.66. The van der Waals surface area contributed by atoms with Crippen molar-refractivity contribution in [3.05, 3.63) is 63.4 Å². The first-order valence-corrected chi connectivity index (χ1v) is 11.7. The molecular weight excluding hydrogens is 489 g/mol. The van der Waals surface area contributed by atoms with Gasteiger partial charge in [-0.2, -0.15) is 0 Å². The van der Waals surface area contributed by atoms with Gasteiger partial charge in [-0.3, -0.25) is 14.3 Å². The van der Waals surface area contributed by atoms with E-state index in [2.05, 4.69) is 15.6 Å². The van der Waals surface area contributed by atoms with Crippen molar-refractivity contribution < 1.29 is 19.1 Å². The third-order valence-corrected chi connectivity index (χ3v) is 5.75. The van der Waals surface area contributed by atoms with E-state index >= 15 is 0 Å². The summed E-state index contributed by atoms with van der Waals surface area (Å²) in [5.41, 5.74) is -1.09. The summed E-state index contributed by atoms with van der Waals surface area (Å²) in [5.74, 6) is -0.606. The summed E-state index contributed by atoms with van der Waals surface area (Å²) in [5, 5.41) is 15.3. The molecule has 36 heavy (non-hydrogen) atoms. The van der Waals surface area contributed by atoms with Gasteiger partial charge in [-0.1, -0.05) is 17.7 Å². The highest BCUT2D eigenvalue weighted by molar-refractivity contribution is 6.35. The normalized spacial score (nSPS) is 12.5. The van der Waals surface area contributed by atoms with Crippen molar-refractivity contribution in [1.82, 2.24) is 19.8 Å². The number of carbonyl (C=O) groups is 2. The fourth-order valence-electron chi connectivity index (χ4n) is 4.05. The number of urea groups is 1. The van der Waals surface area contributed by atoms with E-state index in [1.807, 2.05) is 0 Å². The van der Waals surface area contributed by atoms with Crippen molar-refractivity contribution >= 4 is 40.3 Å². The minimum atomic E-state index is -1.20. The molecule has 3 amide bonds. The number of nitrogens with zero attached hydrogens (tertiary/aromatic N) is 3. The maximum atomic E-state index is 14.6. The van der Waals surface area contributed by atoms with E-state index in [4.69, 9.17) is 11.6 Å². The molecule has 192 valence electrons. The summed E-state index contributed by atoms with van der Waals surface area (Å²) in [6.45, 7) is 10.3. The molecule has 1 heterocycles. The minimum Gasteiger partial charge on any atom is -0.465 e. The molecule has 3 aromatic rings. The molecule has 0 aliphatic carbocycles. The van der Waals surface area contributed by atoms with Crippen molar-refractivity contribution in [2.45, 2.75) is 59.2 Å². The first-order valence-electron chi connectivity index (χ1n) is 11.3. The number of amides is 3. The van der Waals surface area contributed by atoms with Crippen LogP contribution < -0.4 is 16.2 Å². The van der Waals surface area contributed by atoms with Crippen molar-refractivity contribution in [1.29, 1.82) is 0 Å². The molecule has 11 heteroatoms. The van der Waals surface area contributed by atoms with Gasteiger partial charge in [-0.05, 0) is 71.9 Å². The predicted molar refractivity (Wildman–Crippen MR) is 138 cm³/mol. The number of carboxylic acid groups (broad SMARTS) is 1. The van der Waals surface area contributed by atoms with Crippen LogP contribution in [0.5, 0.6) is 0 Å². The van der Waals surface area contributed by atoms with E-state index < -0.39 is 35.1 Å². The Balaban J connectivity index is 2.31. The fraction of sp³-hybridized carbons (Fsp3) is 0.360. The molecular formula is C25H29ClFN5O4.